The molecule has 1 amide bonds. The third kappa shape index (κ3) is 6.48. The molecule has 0 saturated carbocycles. The maximum atomic E-state index is 13.3. The van der Waals surface area contributed by atoms with Crippen molar-refractivity contribution in [1.29, 1.82) is 0 Å². The molecular formula is C26H32N6O4S. The van der Waals surface area contributed by atoms with Gasteiger partial charge in [0.25, 0.3) is 5.91 Å². The number of ether oxygens (including phenoxy) is 2. The van der Waals surface area contributed by atoms with Crippen molar-refractivity contribution in [2.75, 3.05) is 59.6 Å². The number of nitrogens with zero attached hydrogens (tertiary/aromatic N) is 5. The van der Waals surface area contributed by atoms with Crippen LogP contribution in [0.2, 0.25) is 0 Å². The molecule has 5 heterocycles. The van der Waals surface area contributed by atoms with Crippen LogP contribution in [0.1, 0.15) is 29.8 Å². The third-order valence-electron chi connectivity index (χ3n) is 6.76. The van der Waals surface area contributed by atoms with Gasteiger partial charge in [-0.1, -0.05) is 0 Å². The predicted octanol–water partition coefficient (Wildman–Crippen LogP) is 2.04. The van der Waals surface area contributed by atoms with Crippen molar-refractivity contribution in [3.05, 3.63) is 40.7 Å². The lowest BCUT2D eigenvalue weighted by Crippen LogP contribution is -2.45. The first-order chi connectivity index (χ1) is 18.1. The maximum absolute atomic E-state index is 13.3. The Bertz CT molecular complexity index is 1190. The first-order valence-electron chi connectivity index (χ1n) is 12.7. The molecular weight excluding hydrogens is 492 g/mol. The minimum atomic E-state index is -0.357. The normalized spacial score (nSPS) is 22.2. The van der Waals surface area contributed by atoms with E-state index in [0.29, 0.717) is 60.5 Å². The highest BCUT2D eigenvalue weighted by atomic mass is 32.1. The van der Waals surface area contributed by atoms with Crippen LogP contribution in [0.5, 0.6) is 5.88 Å². The minimum absolute atomic E-state index is 0.00436. The van der Waals surface area contributed by atoms with Gasteiger partial charge in [0.2, 0.25) is 5.88 Å². The van der Waals surface area contributed by atoms with Gasteiger partial charge < -0.3 is 24.6 Å². The molecule has 196 valence electrons. The van der Waals surface area contributed by atoms with Crippen LogP contribution < -0.4 is 10.1 Å². The molecule has 5 rings (SSSR count). The van der Waals surface area contributed by atoms with E-state index in [2.05, 4.69) is 37.1 Å². The number of hydrogen-bond donors (Lipinski definition) is 1. The van der Waals surface area contributed by atoms with Crippen molar-refractivity contribution in [3.8, 4) is 16.5 Å². The molecule has 1 fully saturated rings. The number of ketones is 1. The van der Waals surface area contributed by atoms with Crippen molar-refractivity contribution in [2.24, 2.45) is 4.99 Å². The van der Waals surface area contributed by atoms with Gasteiger partial charge in [0.1, 0.15) is 17.3 Å². The molecule has 2 aromatic heterocycles. The van der Waals surface area contributed by atoms with E-state index in [9.17, 15) is 9.59 Å². The number of aliphatic imine (C=N–C) groups is 1. The Hall–Kier alpha value is -2.99. The summed E-state index contributed by atoms with van der Waals surface area (Å²) in [5.74, 6) is 0.109. The maximum Gasteiger partial charge on any atom is 0.275 e. The molecule has 1 unspecified atom stereocenters. The first kappa shape index (κ1) is 25.7. The van der Waals surface area contributed by atoms with Crippen LogP contribution in [-0.4, -0.2) is 103 Å². The minimum Gasteiger partial charge on any atom is -0.475 e. The molecule has 1 saturated heterocycles. The second-order valence-corrected chi connectivity index (χ2v) is 10.3. The summed E-state index contributed by atoms with van der Waals surface area (Å²) < 4.78 is 11.4. The average molecular weight is 525 g/mol. The largest absolute Gasteiger partial charge is 0.475 e. The molecule has 2 aromatic rings. The number of rotatable bonds is 3. The highest BCUT2D eigenvalue weighted by molar-refractivity contribution is 7.13. The van der Waals surface area contributed by atoms with Crippen LogP contribution in [0.4, 0.5) is 0 Å². The standard InChI is InChI=1S/C26H32N6O4S/c1-31-8-10-32(11-9-31)7-5-19-24-20(16-28-19)29-25(34)21-17-37-26(30-21)18-4-6-27-23(15-18)36-14-13-35-12-2-3-22(24)33/h4,6,15-17,19H,2-3,5,7-14H2,1H3,(H,29,34). The van der Waals surface area contributed by atoms with E-state index in [0.717, 1.165) is 44.7 Å². The van der Waals surface area contributed by atoms with Crippen LogP contribution in [0.3, 0.4) is 0 Å². The molecule has 4 bridgehead atoms. The lowest BCUT2D eigenvalue weighted by molar-refractivity contribution is -0.116. The molecule has 0 radical (unpaired) electrons. The molecule has 0 spiro atoms. The number of thiazole rings is 1. The van der Waals surface area contributed by atoms with Crippen molar-refractivity contribution in [2.45, 2.75) is 25.3 Å². The number of fused-ring (bicyclic) bond motifs is 5. The topological polar surface area (TPSA) is 109 Å². The lowest BCUT2D eigenvalue weighted by Gasteiger charge is -2.32. The second-order valence-electron chi connectivity index (χ2n) is 9.42. The molecule has 1 atom stereocenters. The number of aromatic nitrogens is 2. The van der Waals surface area contributed by atoms with Gasteiger partial charge in [0, 0.05) is 80.7 Å². The van der Waals surface area contributed by atoms with Crippen molar-refractivity contribution in [1.82, 2.24) is 25.1 Å². The van der Waals surface area contributed by atoms with Crippen LogP contribution >= 0.6 is 11.3 Å². The summed E-state index contributed by atoms with van der Waals surface area (Å²) in [7, 11) is 2.13. The van der Waals surface area contributed by atoms with Gasteiger partial charge in [-0.25, -0.2) is 9.97 Å². The van der Waals surface area contributed by atoms with Gasteiger partial charge in [-0.05, 0) is 26.0 Å². The summed E-state index contributed by atoms with van der Waals surface area (Å²) in [6.07, 6.45) is 4.94. The van der Waals surface area contributed by atoms with E-state index in [1.807, 2.05) is 6.07 Å². The summed E-state index contributed by atoms with van der Waals surface area (Å²) in [6, 6.07) is 3.37. The van der Waals surface area contributed by atoms with Crippen molar-refractivity contribution < 1.29 is 19.1 Å². The number of pyridine rings is 1. The molecule has 0 aliphatic carbocycles. The number of Topliss-reactive ketones (excluding diaryl/α,β-unsaturated/α-hetero) is 1. The second kappa shape index (κ2) is 12.0. The van der Waals surface area contributed by atoms with Gasteiger partial charge in [-0.15, -0.1) is 11.3 Å². The van der Waals surface area contributed by atoms with E-state index in [4.69, 9.17) is 9.47 Å². The summed E-state index contributed by atoms with van der Waals surface area (Å²) in [5.41, 5.74) is 2.18. The van der Waals surface area contributed by atoms with E-state index >= 15 is 0 Å². The molecule has 3 aliphatic heterocycles. The smallest absolute Gasteiger partial charge is 0.275 e. The fraction of sp³-hybridized carbons (Fsp3) is 0.500. The van der Waals surface area contributed by atoms with E-state index in [1.54, 1.807) is 23.9 Å². The van der Waals surface area contributed by atoms with E-state index in [-0.39, 0.29) is 17.7 Å². The van der Waals surface area contributed by atoms with Crippen molar-refractivity contribution >= 4 is 29.2 Å². The summed E-state index contributed by atoms with van der Waals surface area (Å²) in [5, 5.41) is 5.32. The van der Waals surface area contributed by atoms with Gasteiger partial charge >= 0.3 is 0 Å². The molecule has 10 nitrogen and oxygen atoms in total. The Morgan fingerprint density at radius 3 is 2.89 bits per heavy atom. The fourth-order valence-electron chi connectivity index (χ4n) is 4.61. The SMILES string of the molecule is CN1CCN(CCC2N=CC3=C2C(=O)CCCOCCOc2cc(ccn2)-c2nc(cs2)C(=O)N3)CC1. The Morgan fingerprint density at radius 1 is 1.16 bits per heavy atom. The number of amides is 1. The third-order valence-corrected chi connectivity index (χ3v) is 7.65. The van der Waals surface area contributed by atoms with Gasteiger partial charge in [0.05, 0.1) is 18.3 Å². The molecule has 11 heteroatoms. The van der Waals surface area contributed by atoms with Gasteiger partial charge in [0.15, 0.2) is 5.78 Å². The Labute approximate surface area is 220 Å². The number of likely N-dealkylation sites (N-methyl/N-ethyl adjacent to an activating group) is 1. The quantitative estimate of drug-likeness (QED) is 0.650. The van der Waals surface area contributed by atoms with Crippen molar-refractivity contribution in [3.63, 3.8) is 0 Å². The number of piperazine rings is 1. The highest BCUT2D eigenvalue weighted by Gasteiger charge is 2.30. The van der Waals surface area contributed by atoms with E-state index in [1.165, 1.54) is 11.3 Å². The number of carbonyl (C=O) groups is 2. The zero-order chi connectivity index (χ0) is 25.6. The van der Waals surface area contributed by atoms with Crippen LogP contribution in [-0.2, 0) is 9.53 Å². The van der Waals surface area contributed by atoms with E-state index < -0.39 is 0 Å². The molecule has 0 aromatic carbocycles. The Balaban J connectivity index is 1.35. The molecule has 3 aliphatic rings. The zero-order valence-electron chi connectivity index (χ0n) is 21.0. The first-order valence-corrected chi connectivity index (χ1v) is 13.6. The molecule has 1 N–H and O–H groups in total. The summed E-state index contributed by atoms with van der Waals surface area (Å²) in [6.45, 7) is 6.17. The highest BCUT2D eigenvalue weighted by Crippen LogP contribution is 2.27. The number of nitrogens with one attached hydrogen (secondary N) is 1. The molecule has 37 heavy (non-hydrogen) atoms. The number of hydrogen-bond acceptors (Lipinski definition) is 10. The van der Waals surface area contributed by atoms with Gasteiger partial charge in [-0.2, -0.15) is 0 Å². The Morgan fingerprint density at radius 2 is 2.03 bits per heavy atom. The predicted molar refractivity (Wildman–Crippen MR) is 141 cm³/mol. The lowest BCUT2D eigenvalue weighted by atomic mass is 9.97. The summed E-state index contributed by atoms with van der Waals surface area (Å²) in [4.78, 5) is 44.6. The monoisotopic (exact) mass is 524 g/mol. The fourth-order valence-corrected chi connectivity index (χ4v) is 5.41. The van der Waals surface area contributed by atoms with Gasteiger partial charge in [-0.3, -0.25) is 14.6 Å². The number of allylic oxidation sites excluding steroid dienone is 1. The summed E-state index contributed by atoms with van der Waals surface area (Å²) >= 11 is 1.37. The van der Waals surface area contributed by atoms with Crippen LogP contribution in [0, 0.1) is 0 Å². The number of carbonyl (C=O) groups excluding carboxylic acids is 2. The van der Waals surface area contributed by atoms with Crippen LogP contribution in [0.25, 0.3) is 10.6 Å². The Kier molecular flexibility index (Phi) is 8.34. The van der Waals surface area contributed by atoms with Crippen LogP contribution in [0.15, 0.2) is 40.0 Å². The zero-order valence-corrected chi connectivity index (χ0v) is 21.8. The average Bonchev–Trinajstić information content (AvgIpc) is 3.55.